The molecule has 2 nitrogen and oxygen atoms in total. The van der Waals surface area contributed by atoms with Gasteiger partial charge in [0.05, 0.1) is 5.56 Å². The first-order chi connectivity index (χ1) is 14.8. The molecule has 0 N–H and O–H groups in total. The fourth-order valence-corrected chi connectivity index (χ4v) is 4.75. The summed E-state index contributed by atoms with van der Waals surface area (Å²) in [4.78, 5) is 14.5. The summed E-state index contributed by atoms with van der Waals surface area (Å²) in [5, 5.41) is 0. The Labute approximate surface area is 179 Å². The standard InChI is InChI=1S/C25H25F4NO/c26-21(13-14-23(31)30-16-15-17-5-3-4-8-22(17)30)24(18-6-1-2-7-18)19-9-11-20(12-10-19)25(27,28)29/h3-5,8-12,18H,1-2,6-7,13-16H2. The number of allylic oxidation sites excluding steroid dienone is 2. The number of halogens is 4. The Morgan fingerprint density at radius 1 is 0.968 bits per heavy atom. The first-order valence-electron chi connectivity index (χ1n) is 10.8. The Morgan fingerprint density at radius 2 is 1.65 bits per heavy atom. The van der Waals surface area contributed by atoms with Crippen LogP contribution in [0.1, 0.15) is 55.2 Å². The van der Waals surface area contributed by atoms with Gasteiger partial charge in [0.2, 0.25) is 5.91 Å². The number of hydrogen-bond acceptors (Lipinski definition) is 1. The number of rotatable bonds is 5. The maximum atomic E-state index is 15.4. The summed E-state index contributed by atoms with van der Waals surface area (Å²) in [5.74, 6) is -0.523. The minimum atomic E-state index is -4.42. The van der Waals surface area contributed by atoms with Gasteiger partial charge in [-0.1, -0.05) is 43.2 Å². The van der Waals surface area contributed by atoms with Crippen LogP contribution in [0.25, 0.3) is 5.57 Å². The molecule has 1 fully saturated rings. The number of hydrogen-bond donors (Lipinski definition) is 0. The van der Waals surface area contributed by atoms with Crippen molar-refractivity contribution in [3.63, 3.8) is 0 Å². The molecule has 1 saturated carbocycles. The third kappa shape index (κ3) is 4.68. The number of benzene rings is 2. The van der Waals surface area contributed by atoms with Gasteiger partial charge in [-0.3, -0.25) is 4.79 Å². The van der Waals surface area contributed by atoms with Crippen LogP contribution in [0, 0.1) is 5.92 Å². The van der Waals surface area contributed by atoms with E-state index in [9.17, 15) is 18.0 Å². The van der Waals surface area contributed by atoms with Crippen molar-refractivity contribution in [2.24, 2.45) is 5.92 Å². The third-order valence-electron chi connectivity index (χ3n) is 6.33. The van der Waals surface area contributed by atoms with Crippen LogP contribution in [0.15, 0.2) is 54.4 Å². The molecule has 6 heteroatoms. The van der Waals surface area contributed by atoms with Crippen molar-refractivity contribution in [2.45, 2.75) is 51.1 Å². The summed E-state index contributed by atoms with van der Waals surface area (Å²) < 4.78 is 54.1. The lowest BCUT2D eigenvalue weighted by Crippen LogP contribution is -2.28. The second-order valence-electron chi connectivity index (χ2n) is 8.30. The van der Waals surface area contributed by atoms with Gasteiger partial charge in [-0.05, 0) is 60.1 Å². The highest BCUT2D eigenvalue weighted by molar-refractivity contribution is 5.95. The predicted octanol–water partition coefficient (Wildman–Crippen LogP) is 6.95. The predicted molar refractivity (Wildman–Crippen MR) is 113 cm³/mol. The van der Waals surface area contributed by atoms with Crippen LogP contribution in [0.4, 0.5) is 23.2 Å². The third-order valence-corrected chi connectivity index (χ3v) is 6.33. The van der Waals surface area contributed by atoms with E-state index in [-0.39, 0.29) is 30.5 Å². The fraction of sp³-hybridized carbons (Fsp3) is 0.400. The van der Waals surface area contributed by atoms with Crippen molar-refractivity contribution in [1.82, 2.24) is 0 Å². The van der Waals surface area contributed by atoms with Gasteiger partial charge in [0.1, 0.15) is 5.83 Å². The van der Waals surface area contributed by atoms with Crippen molar-refractivity contribution in [3.8, 4) is 0 Å². The normalized spacial score (nSPS) is 17.6. The van der Waals surface area contributed by atoms with Crippen LogP contribution < -0.4 is 4.90 Å². The van der Waals surface area contributed by atoms with E-state index in [2.05, 4.69) is 0 Å². The van der Waals surface area contributed by atoms with Gasteiger partial charge in [-0.2, -0.15) is 13.2 Å². The minimum Gasteiger partial charge on any atom is -0.312 e. The molecule has 0 spiro atoms. The Balaban J connectivity index is 1.53. The van der Waals surface area contributed by atoms with E-state index in [1.807, 2.05) is 24.3 Å². The van der Waals surface area contributed by atoms with Crippen LogP contribution in [-0.4, -0.2) is 12.5 Å². The molecule has 31 heavy (non-hydrogen) atoms. The molecule has 1 aliphatic carbocycles. The molecule has 2 aliphatic rings. The molecule has 0 unspecified atom stereocenters. The number of nitrogens with zero attached hydrogens (tertiary/aromatic N) is 1. The number of carbonyl (C=O) groups excluding carboxylic acids is 1. The van der Waals surface area contributed by atoms with Gasteiger partial charge in [0, 0.05) is 25.1 Å². The van der Waals surface area contributed by atoms with Crippen LogP contribution in [0.5, 0.6) is 0 Å². The number of anilines is 1. The topological polar surface area (TPSA) is 20.3 Å². The van der Waals surface area contributed by atoms with E-state index in [0.29, 0.717) is 17.7 Å². The average molecular weight is 431 g/mol. The highest BCUT2D eigenvalue weighted by Crippen LogP contribution is 2.41. The zero-order valence-corrected chi connectivity index (χ0v) is 17.2. The van der Waals surface area contributed by atoms with Crippen molar-refractivity contribution < 1.29 is 22.4 Å². The van der Waals surface area contributed by atoms with E-state index in [4.69, 9.17) is 0 Å². The van der Waals surface area contributed by atoms with Gasteiger partial charge in [-0.25, -0.2) is 4.39 Å². The Bertz CT molecular complexity index is 972. The van der Waals surface area contributed by atoms with Gasteiger partial charge in [0.25, 0.3) is 0 Å². The molecule has 0 aromatic heterocycles. The highest BCUT2D eigenvalue weighted by atomic mass is 19.4. The van der Waals surface area contributed by atoms with Crippen LogP contribution in [0.2, 0.25) is 0 Å². The monoisotopic (exact) mass is 431 g/mol. The maximum absolute atomic E-state index is 15.4. The summed E-state index contributed by atoms with van der Waals surface area (Å²) in [6.45, 7) is 0.595. The largest absolute Gasteiger partial charge is 0.416 e. The summed E-state index contributed by atoms with van der Waals surface area (Å²) >= 11 is 0. The van der Waals surface area contributed by atoms with E-state index in [0.717, 1.165) is 55.5 Å². The van der Waals surface area contributed by atoms with E-state index < -0.39 is 11.7 Å². The van der Waals surface area contributed by atoms with Crippen molar-refractivity contribution >= 4 is 17.2 Å². The van der Waals surface area contributed by atoms with Crippen LogP contribution in [-0.2, 0) is 17.4 Å². The number of fused-ring (bicyclic) bond motifs is 1. The lowest BCUT2D eigenvalue weighted by Gasteiger charge is -2.19. The van der Waals surface area contributed by atoms with E-state index in [1.54, 1.807) is 4.90 Å². The Morgan fingerprint density at radius 3 is 2.32 bits per heavy atom. The zero-order chi connectivity index (χ0) is 22.0. The molecule has 164 valence electrons. The first kappa shape index (κ1) is 21.6. The van der Waals surface area contributed by atoms with Crippen molar-refractivity contribution in [3.05, 3.63) is 71.0 Å². The minimum absolute atomic E-state index is 0.0145. The van der Waals surface area contributed by atoms with Gasteiger partial charge < -0.3 is 4.90 Å². The first-order valence-corrected chi connectivity index (χ1v) is 10.8. The van der Waals surface area contributed by atoms with Gasteiger partial charge in [0.15, 0.2) is 0 Å². The van der Waals surface area contributed by atoms with E-state index >= 15 is 4.39 Å². The number of alkyl halides is 3. The lowest BCUT2D eigenvalue weighted by molar-refractivity contribution is -0.137. The molecule has 0 radical (unpaired) electrons. The smallest absolute Gasteiger partial charge is 0.312 e. The highest BCUT2D eigenvalue weighted by Gasteiger charge is 2.31. The van der Waals surface area contributed by atoms with Gasteiger partial charge >= 0.3 is 6.18 Å². The van der Waals surface area contributed by atoms with Crippen LogP contribution in [0.3, 0.4) is 0 Å². The summed E-state index contributed by atoms with van der Waals surface area (Å²) in [6.07, 6.45) is -0.0428. The molecule has 1 amide bonds. The second-order valence-corrected chi connectivity index (χ2v) is 8.30. The number of amides is 1. The van der Waals surface area contributed by atoms with Crippen molar-refractivity contribution in [2.75, 3.05) is 11.4 Å². The quantitative estimate of drug-likeness (QED) is 0.469. The van der Waals surface area contributed by atoms with Gasteiger partial charge in [-0.15, -0.1) is 0 Å². The number of para-hydroxylation sites is 1. The molecule has 0 bridgehead atoms. The molecule has 1 aliphatic heterocycles. The summed E-state index contributed by atoms with van der Waals surface area (Å²) in [6, 6.07) is 12.4. The maximum Gasteiger partial charge on any atom is 0.416 e. The van der Waals surface area contributed by atoms with E-state index in [1.165, 1.54) is 12.1 Å². The molecule has 4 rings (SSSR count). The Hall–Kier alpha value is -2.63. The molecule has 0 saturated heterocycles. The summed E-state index contributed by atoms with van der Waals surface area (Å²) in [5.41, 5.74) is 2.21. The average Bonchev–Trinajstić information content (AvgIpc) is 3.42. The van der Waals surface area contributed by atoms with Crippen molar-refractivity contribution in [1.29, 1.82) is 0 Å². The molecule has 2 aromatic rings. The zero-order valence-electron chi connectivity index (χ0n) is 17.2. The number of carbonyl (C=O) groups is 1. The molecule has 2 aromatic carbocycles. The summed E-state index contributed by atoms with van der Waals surface area (Å²) in [7, 11) is 0. The molecular formula is C25H25F4NO. The molecular weight excluding hydrogens is 406 g/mol. The molecule has 0 atom stereocenters. The SMILES string of the molecule is O=C(CCC(F)=C(c1ccc(C(F)(F)F)cc1)C1CCCC1)N1CCc2ccccc21. The fourth-order valence-electron chi connectivity index (χ4n) is 4.75. The molecule has 1 heterocycles. The van der Waals surface area contributed by atoms with Crippen LogP contribution >= 0.6 is 0 Å². The Kier molecular flexibility index (Phi) is 6.17. The lowest BCUT2D eigenvalue weighted by atomic mass is 9.89. The second kappa shape index (κ2) is 8.85.